The highest BCUT2D eigenvalue weighted by Gasteiger charge is 2.55. The minimum Gasteiger partial charge on any atom is -0.453 e. The minimum absolute atomic E-state index is 0.119. The largest absolute Gasteiger partial charge is 0.453 e. The van der Waals surface area contributed by atoms with Crippen molar-refractivity contribution in [3.63, 3.8) is 0 Å². The third-order valence-corrected chi connectivity index (χ3v) is 7.47. The van der Waals surface area contributed by atoms with Crippen LogP contribution >= 0.6 is 0 Å². The van der Waals surface area contributed by atoms with Crippen LogP contribution in [0.5, 0.6) is 0 Å². The zero-order valence-corrected chi connectivity index (χ0v) is 22.5. The average Bonchev–Trinajstić information content (AvgIpc) is 3.50. The molecule has 0 bridgehead atoms. The van der Waals surface area contributed by atoms with Gasteiger partial charge in [0.2, 0.25) is 0 Å². The zero-order chi connectivity index (χ0) is 26.8. The highest BCUT2D eigenvalue weighted by molar-refractivity contribution is 5.83. The van der Waals surface area contributed by atoms with Gasteiger partial charge in [-0.2, -0.15) is 0 Å². The quantitative estimate of drug-likeness (QED) is 0.327. The molecule has 1 aromatic carbocycles. The fourth-order valence-corrected chi connectivity index (χ4v) is 5.86. The van der Waals surface area contributed by atoms with E-state index in [0.29, 0.717) is 38.8 Å². The van der Waals surface area contributed by atoms with E-state index in [-0.39, 0.29) is 18.1 Å². The van der Waals surface area contributed by atoms with Gasteiger partial charge in [0.1, 0.15) is 11.6 Å². The predicted molar refractivity (Wildman–Crippen MR) is 138 cm³/mol. The summed E-state index contributed by atoms with van der Waals surface area (Å²) < 4.78 is 16.9. The number of hydrogen-bond donors (Lipinski definition) is 0. The maximum atomic E-state index is 13.7. The topological polar surface area (TPSA) is 85.4 Å². The van der Waals surface area contributed by atoms with Gasteiger partial charge in [-0.15, -0.1) is 0 Å². The Labute approximate surface area is 219 Å². The molecule has 0 radical (unpaired) electrons. The molecule has 0 unspecified atom stereocenters. The maximum absolute atomic E-state index is 13.7. The molecule has 37 heavy (non-hydrogen) atoms. The highest BCUT2D eigenvalue weighted by Crippen LogP contribution is 2.45. The van der Waals surface area contributed by atoms with E-state index in [1.807, 2.05) is 31.2 Å². The number of rotatable bonds is 2. The summed E-state index contributed by atoms with van der Waals surface area (Å²) in [5.41, 5.74) is 0.217. The van der Waals surface area contributed by atoms with Crippen LogP contribution in [0.4, 0.5) is 9.59 Å². The van der Waals surface area contributed by atoms with E-state index in [4.69, 9.17) is 14.2 Å². The van der Waals surface area contributed by atoms with Gasteiger partial charge in [-0.1, -0.05) is 18.1 Å². The van der Waals surface area contributed by atoms with Crippen LogP contribution < -0.4 is 0 Å². The van der Waals surface area contributed by atoms with Gasteiger partial charge in [0.25, 0.3) is 0 Å². The van der Waals surface area contributed by atoms with E-state index in [1.54, 1.807) is 25.7 Å². The lowest BCUT2D eigenvalue weighted by Gasteiger charge is -2.43. The fourth-order valence-electron chi connectivity index (χ4n) is 5.86. The van der Waals surface area contributed by atoms with Crippen molar-refractivity contribution in [2.75, 3.05) is 20.2 Å². The predicted octanol–water partition coefficient (Wildman–Crippen LogP) is 4.67. The normalized spacial score (nSPS) is 27.1. The van der Waals surface area contributed by atoms with Crippen molar-refractivity contribution in [3.05, 3.63) is 35.4 Å². The molecule has 8 nitrogen and oxygen atoms in total. The Kier molecular flexibility index (Phi) is 7.72. The standard InChI is InChI=1S/C29H38N2O6/c1-20-9-6-10-21(19-20)13-16-29(15-7-11-23-22(29)14-18-31(23)26(33)35-5)36-25(32)24-12-8-17-30(24)27(34)37-28(2,3)4/h6,9-10,19,22-24H,7-8,11-12,14-15,17-18H2,1-5H3/t22-,23-,24+,29-/m1/s1. The molecule has 0 N–H and O–H groups in total. The lowest BCUT2D eigenvalue weighted by molar-refractivity contribution is -0.168. The van der Waals surface area contributed by atoms with Gasteiger partial charge in [-0.25, -0.2) is 14.4 Å². The Balaban J connectivity index is 1.64. The van der Waals surface area contributed by atoms with Crippen molar-refractivity contribution >= 4 is 18.2 Å². The highest BCUT2D eigenvalue weighted by atomic mass is 16.6. The summed E-state index contributed by atoms with van der Waals surface area (Å²) in [6.07, 6.45) is 3.14. The number of carbonyl (C=O) groups excluding carboxylic acids is 3. The van der Waals surface area contributed by atoms with E-state index in [1.165, 1.54) is 12.0 Å². The molecule has 1 aromatic rings. The number of hydrogen-bond acceptors (Lipinski definition) is 6. The maximum Gasteiger partial charge on any atom is 0.411 e. The Morgan fingerprint density at radius 2 is 1.81 bits per heavy atom. The third kappa shape index (κ3) is 5.87. The number of benzene rings is 1. The summed E-state index contributed by atoms with van der Waals surface area (Å²) in [5.74, 6) is 6.02. The number of nitrogens with zero attached hydrogens (tertiary/aromatic N) is 2. The lowest BCUT2D eigenvalue weighted by Crippen LogP contribution is -2.54. The van der Waals surface area contributed by atoms with Crippen molar-refractivity contribution in [1.82, 2.24) is 9.80 Å². The van der Waals surface area contributed by atoms with E-state index >= 15 is 0 Å². The van der Waals surface area contributed by atoms with Crippen LogP contribution in [-0.4, -0.2) is 71.4 Å². The smallest absolute Gasteiger partial charge is 0.411 e. The average molecular weight is 511 g/mol. The number of carbonyl (C=O) groups is 3. The molecule has 1 aliphatic carbocycles. The molecule has 0 spiro atoms. The van der Waals surface area contributed by atoms with Crippen molar-refractivity contribution in [3.8, 4) is 11.8 Å². The van der Waals surface area contributed by atoms with Crippen LogP contribution in [-0.2, 0) is 19.0 Å². The van der Waals surface area contributed by atoms with Gasteiger partial charge in [-0.3, -0.25) is 4.90 Å². The van der Waals surface area contributed by atoms with Gasteiger partial charge in [-0.05, 0) is 89.8 Å². The number of esters is 1. The Morgan fingerprint density at radius 1 is 1.03 bits per heavy atom. The molecule has 3 fully saturated rings. The Hall–Kier alpha value is -3.21. The number of amides is 2. The molecule has 2 amide bonds. The molecule has 200 valence electrons. The van der Waals surface area contributed by atoms with Gasteiger partial charge >= 0.3 is 18.2 Å². The summed E-state index contributed by atoms with van der Waals surface area (Å²) in [4.78, 5) is 42.2. The van der Waals surface area contributed by atoms with Crippen LogP contribution in [0.15, 0.2) is 24.3 Å². The summed E-state index contributed by atoms with van der Waals surface area (Å²) in [7, 11) is 1.38. The summed E-state index contributed by atoms with van der Waals surface area (Å²) in [6, 6.07) is 7.06. The zero-order valence-electron chi connectivity index (χ0n) is 22.5. The summed E-state index contributed by atoms with van der Waals surface area (Å²) in [5, 5.41) is 0. The minimum atomic E-state index is -1.06. The number of aryl methyl sites for hydroxylation is 1. The van der Waals surface area contributed by atoms with Crippen LogP contribution in [0.1, 0.15) is 70.4 Å². The fraction of sp³-hybridized carbons (Fsp3) is 0.621. The molecule has 4 atom stereocenters. The van der Waals surface area contributed by atoms with Crippen molar-refractivity contribution < 1.29 is 28.6 Å². The molecule has 3 aliphatic rings. The molecule has 2 aliphatic heterocycles. The first-order chi connectivity index (χ1) is 17.5. The summed E-state index contributed by atoms with van der Waals surface area (Å²) >= 11 is 0. The molecule has 1 saturated carbocycles. The second-order valence-corrected chi connectivity index (χ2v) is 11.3. The van der Waals surface area contributed by atoms with Gasteiger partial charge in [0.05, 0.1) is 7.11 Å². The number of ether oxygens (including phenoxy) is 3. The lowest BCUT2D eigenvalue weighted by atomic mass is 9.72. The molecule has 4 rings (SSSR count). The molecule has 8 heteroatoms. The first kappa shape index (κ1) is 26.8. The van der Waals surface area contributed by atoms with Gasteiger partial charge in [0, 0.05) is 30.6 Å². The van der Waals surface area contributed by atoms with Crippen LogP contribution in [0, 0.1) is 24.7 Å². The second-order valence-electron chi connectivity index (χ2n) is 11.3. The molecule has 2 saturated heterocycles. The van der Waals surface area contributed by atoms with Crippen LogP contribution in [0.25, 0.3) is 0 Å². The van der Waals surface area contributed by atoms with E-state index in [9.17, 15) is 14.4 Å². The van der Waals surface area contributed by atoms with Gasteiger partial charge in [0.15, 0.2) is 5.60 Å². The molecular weight excluding hydrogens is 472 g/mol. The van der Waals surface area contributed by atoms with Crippen LogP contribution in [0.3, 0.4) is 0 Å². The second kappa shape index (κ2) is 10.6. The van der Waals surface area contributed by atoms with Crippen molar-refractivity contribution in [2.45, 2.75) is 89.5 Å². The first-order valence-electron chi connectivity index (χ1n) is 13.2. The molecule has 2 heterocycles. The SMILES string of the molecule is COC(=O)N1CC[C@@H]2[C@H]1CCC[C@]2(C#Cc1cccc(C)c1)OC(=O)[C@@H]1CCCN1C(=O)OC(C)(C)C. The van der Waals surface area contributed by atoms with Crippen molar-refractivity contribution in [1.29, 1.82) is 0 Å². The Morgan fingerprint density at radius 3 is 2.51 bits per heavy atom. The van der Waals surface area contributed by atoms with Crippen molar-refractivity contribution in [2.24, 2.45) is 5.92 Å². The number of likely N-dealkylation sites (tertiary alicyclic amines) is 2. The summed E-state index contributed by atoms with van der Waals surface area (Å²) in [6.45, 7) is 8.40. The van der Waals surface area contributed by atoms with Gasteiger partial charge < -0.3 is 19.1 Å². The van der Waals surface area contributed by atoms with Crippen LogP contribution in [0.2, 0.25) is 0 Å². The molecular formula is C29H38N2O6. The number of methoxy groups -OCH3 is 1. The first-order valence-corrected chi connectivity index (χ1v) is 13.2. The molecule has 0 aromatic heterocycles. The van der Waals surface area contributed by atoms with E-state index in [2.05, 4.69) is 11.8 Å². The third-order valence-electron chi connectivity index (χ3n) is 7.47. The van der Waals surface area contributed by atoms with E-state index in [0.717, 1.165) is 24.0 Å². The monoisotopic (exact) mass is 510 g/mol. The van der Waals surface area contributed by atoms with E-state index < -0.39 is 29.3 Å². The number of fused-ring (bicyclic) bond motifs is 1. The Bertz CT molecular complexity index is 1100.